The lowest BCUT2D eigenvalue weighted by molar-refractivity contribution is -0.117. The van der Waals surface area contributed by atoms with Crippen LogP contribution >= 0.6 is 0 Å². The molecule has 0 aliphatic heterocycles. The van der Waals surface area contributed by atoms with Gasteiger partial charge in [-0.2, -0.15) is 0 Å². The molecule has 0 aliphatic carbocycles. The van der Waals surface area contributed by atoms with Crippen LogP contribution in [0.1, 0.15) is 32.8 Å². The Bertz CT molecular complexity index is 407. The van der Waals surface area contributed by atoms with Crippen LogP contribution in [0.5, 0.6) is 0 Å². The number of hydrogen-bond acceptors (Lipinski definition) is 3. The summed E-state index contributed by atoms with van der Waals surface area (Å²) in [5.41, 5.74) is 7.87. The first-order valence-electron chi connectivity index (χ1n) is 6.50. The first kappa shape index (κ1) is 15.7. The Morgan fingerprint density at radius 1 is 1.32 bits per heavy atom. The first-order chi connectivity index (χ1) is 8.84. The number of carbonyl (C=O) groups excluding carboxylic acids is 1. The van der Waals surface area contributed by atoms with E-state index in [1.807, 2.05) is 24.3 Å². The van der Waals surface area contributed by atoms with Gasteiger partial charge in [-0.05, 0) is 29.5 Å². The molecular weight excluding hydrogens is 240 g/mol. The summed E-state index contributed by atoms with van der Waals surface area (Å²) in [7, 11) is 1.59. The molecule has 0 fully saturated rings. The maximum Gasteiger partial charge on any atom is 0.241 e. The zero-order chi connectivity index (χ0) is 14.5. The van der Waals surface area contributed by atoms with E-state index < -0.39 is 6.04 Å². The Morgan fingerprint density at radius 2 is 1.89 bits per heavy atom. The Labute approximate surface area is 115 Å². The maximum atomic E-state index is 11.8. The largest absolute Gasteiger partial charge is 0.385 e. The molecule has 106 valence electrons. The average Bonchev–Trinajstić information content (AvgIpc) is 2.35. The average molecular weight is 264 g/mol. The van der Waals surface area contributed by atoms with E-state index in [0.717, 1.165) is 5.69 Å². The van der Waals surface area contributed by atoms with Crippen molar-refractivity contribution in [2.45, 2.75) is 38.6 Å². The number of ether oxygens (including phenoxy) is 1. The molecule has 1 amide bonds. The molecule has 0 heterocycles. The summed E-state index contributed by atoms with van der Waals surface area (Å²) in [6, 6.07) is 7.32. The molecule has 1 aromatic carbocycles. The molecule has 0 aliphatic rings. The van der Waals surface area contributed by atoms with Gasteiger partial charge in [0.25, 0.3) is 0 Å². The number of anilines is 1. The van der Waals surface area contributed by atoms with Crippen molar-refractivity contribution in [2.24, 2.45) is 5.73 Å². The molecule has 0 saturated heterocycles. The van der Waals surface area contributed by atoms with Crippen molar-refractivity contribution in [1.29, 1.82) is 0 Å². The molecular formula is C15H24N2O2. The number of hydrogen-bond donors (Lipinski definition) is 2. The zero-order valence-corrected chi connectivity index (χ0v) is 12.2. The van der Waals surface area contributed by atoms with Crippen molar-refractivity contribution < 1.29 is 9.53 Å². The molecule has 0 radical (unpaired) electrons. The fourth-order valence-electron chi connectivity index (χ4n) is 1.66. The van der Waals surface area contributed by atoms with Gasteiger partial charge in [0.2, 0.25) is 5.91 Å². The van der Waals surface area contributed by atoms with E-state index in [9.17, 15) is 4.79 Å². The number of nitrogens with one attached hydrogen (secondary N) is 1. The van der Waals surface area contributed by atoms with Gasteiger partial charge in [0, 0.05) is 19.4 Å². The molecule has 0 saturated carbocycles. The van der Waals surface area contributed by atoms with Gasteiger partial charge >= 0.3 is 0 Å². The third kappa shape index (κ3) is 5.01. The van der Waals surface area contributed by atoms with E-state index >= 15 is 0 Å². The number of amides is 1. The lowest BCUT2D eigenvalue weighted by Crippen LogP contribution is -2.36. The standard InChI is InChI=1S/C15H24N2O2/c1-15(2,3)11-5-7-12(8-6-11)17-14(18)13(16)9-10-19-4/h5-8,13H,9-10,16H2,1-4H3,(H,17,18). The number of nitrogens with two attached hydrogens (primary N) is 1. The second kappa shape index (κ2) is 6.68. The highest BCUT2D eigenvalue weighted by Gasteiger charge is 2.15. The Hall–Kier alpha value is -1.39. The number of carbonyl (C=O) groups is 1. The Kier molecular flexibility index (Phi) is 5.51. The third-order valence-electron chi connectivity index (χ3n) is 2.99. The zero-order valence-electron chi connectivity index (χ0n) is 12.2. The summed E-state index contributed by atoms with van der Waals surface area (Å²) in [6.45, 7) is 6.95. The number of rotatable bonds is 5. The first-order valence-corrected chi connectivity index (χ1v) is 6.50. The second-order valence-electron chi connectivity index (χ2n) is 5.70. The summed E-state index contributed by atoms with van der Waals surface area (Å²) in [4.78, 5) is 11.8. The van der Waals surface area contributed by atoms with Gasteiger partial charge in [-0.15, -0.1) is 0 Å². The van der Waals surface area contributed by atoms with E-state index in [1.165, 1.54) is 5.56 Å². The minimum Gasteiger partial charge on any atom is -0.385 e. The maximum absolute atomic E-state index is 11.8. The van der Waals surface area contributed by atoms with E-state index in [1.54, 1.807) is 7.11 Å². The molecule has 0 aromatic heterocycles. The molecule has 4 heteroatoms. The summed E-state index contributed by atoms with van der Waals surface area (Å²) in [5, 5.41) is 2.81. The van der Waals surface area contributed by atoms with Crippen molar-refractivity contribution in [3.05, 3.63) is 29.8 Å². The molecule has 1 aromatic rings. The third-order valence-corrected chi connectivity index (χ3v) is 2.99. The van der Waals surface area contributed by atoms with Gasteiger partial charge < -0.3 is 15.8 Å². The number of benzene rings is 1. The van der Waals surface area contributed by atoms with E-state index in [4.69, 9.17) is 10.5 Å². The van der Waals surface area contributed by atoms with Crippen LogP contribution in [0, 0.1) is 0 Å². The molecule has 3 N–H and O–H groups in total. The topological polar surface area (TPSA) is 64.3 Å². The van der Waals surface area contributed by atoms with Crippen LogP contribution in [0.4, 0.5) is 5.69 Å². The van der Waals surface area contributed by atoms with Gasteiger partial charge in [-0.25, -0.2) is 0 Å². The van der Waals surface area contributed by atoms with Crippen molar-refractivity contribution in [2.75, 3.05) is 19.0 Å². The van der Waals surface area contributed by atoms with Crippen molar-refractivity contribution in [3.63, 3.8) is 0 Å². The van der Waals surface area contributed by atoms with E-state index in [0.29, 0.717) is 13.0 Å². The normalized spacial score (nSPS) is 13.1. The summed E-state index contributed by atoms with van der Waals surface area (Å²) >= 11 is 0. The highest BCUT2D eigenvalue weighted by Crippen LogP contribution is 2.23. The van der Waals surface area contributed by atoms with Crippen LogP contribution in [0.25, 0.3) is 0 Å². The SMILES string of the molecule is COCCC(N)C(=O)Nc1ccc(C(C)(C)C)cc1. The van der Waals surface area contributed by atoms with Crippen molar-refractivity contribution in [3.8, 4) is 0 Å². The fourth-order valence-corrected chi connectivity index (χ4v) is 1.66. The van der Waals surface area contributed by atoms with E-state index in [-0.39, 0.29) is 11.3 Å². The molecule has 1 rings (SSSR count). The monoisotopic (exact) mass is 264 g/mol. The van der Waals surface area contributed by atoms with Crippen molar-refractivity contribution in [1.82, 2.24) is 0 Å². The Balaban J connectivity index is 2.60. The smallest absolute Gasteiger partial charge is 0.241 e. The van der Waals surface area contributed by atoms with Gasteiger partial charge in [0.15, 0.2) is 0 Å². The summed E-state index contributed by atoms with van der Waals surface area (Å²) in [5.74, 6) is -0.180. The summed E-state index contributed by atoms with van der Waals surface area (Å²) in [6.07, 6.45) is 0.516. The minimum atomic E-state index is -0.540. The molecule has 1 unspecified atom stereocenters. The van der Waals surface area contributed by atoms with Crippen LogP contribution in [0.15, 0.2) is 24.3 Å². The highest BCUT2D eigenvalue weighted by molar-refractivity contribution is 5.94. The van der Waals surface area contributed by atoms with E-state index in [2.05, 4.69) is 26.1 Å². The highest BCUT2D eigenvalue weighted by atomic mass is 16.5. The van der Waals surface area contributed by atoms with Crippen LogP contribution in [0.2, 0.25) is 0 Å². The minimum absolute atomic E-state index is 0.109. The number of methoxy groups -OCH3 is 1. The van der Waals surface area contributed by atoms with Crippen molar-refractivity contribution >= 4 is 11.6 Å². The predicted octanol–water partition coefficient (Wildman–Crippen LogP) is 2.29. The van der Waals surface area contributed by atoms with Gasteiger partial charge in [0.05, 0.1) is 6.04 Å². The van der Waals surface area contributed by atoms with Gasteiger partial charge in [-0.1, -0.05) is 32.9 Å². The molecule has 4 nitrogen and oxygen atoms in total. The van der Waals surface area contributed by atoms with Crippen LogP contribution in [0.3, 0.4) is 0 Å². The van der Waals surface area contributed by atoms with Crippen LogP contribution in [-0.4, -0.2) is 25.7 Å². The van der Waals surface area contributed by atoms with Crippen LogP contribution in [-0.2, 0) is 14.9 Å². The lowest BCUT2D eigenvalue weighted by atomic mass is 9.87. The molecule has 19 heavy (non-hydrogen) atoms. The Morgan fingerprint density at radius 3 is 2.37 bits per heavy atom. The van der Waals surface area contributed by atoms with Crippen LogP contribution < -0.4 is 11.1 Å². The second-order valence-corrected chi connectivity index (χ2v) is 5.70. The van der Waals surface area contributed by atoms with Gasteiger partial charge in [0.1, 0.15) is 0 Å². The quantitative estimate of drug-likeness (QED) is 0.857. The molecule has 0 spiro atoms. The van der Waals surface area contributed by atoms with Gasteiger partial charge in [-0.3, -0.25) is 4.79 Å². The molecule has 0 bridgehead atoms. The predicted molar refractivity (Wildman–Crippen MR) is 78.2 cm³/mol. The fraction of sp³-hybridized carbons (Fsp3) is 0.533. The summed E-state index contributed by atoms with van der Waals surface area (Å²) < 4.78 is 4.91. The lowest BCUT2D eigenvalue weighted by Gasteiger charge is -2.19. The molecule has 1 atom stereocenters.